The SMILES string of the molecule is C=C(C)C1CC=C(CNc2ccc(OC)c(OC)c2)CC1. The van der Waals surface area contributed by atoms with Gasteiger partial charge in [0.2, 0.25) is 0 Å². The maximum absolute atomic E-state index is 5.32. The van der Waals surface area contributed by atoms with Crippen LogP contribution in [0.15, 0.2) is 42.0 Å². The summed E-state index contributed by atoms with van der Waals surface area (Å²) in [6, 6.07) is 5.91. The van der Waals surface area contributed by atoms with Crippen molar-refractivity contribution >= 4 is 5.69 Å². The summed E-state index contributed by atoms with van der Waals surface area (Å²) in [6.07, 6.45) is 5.85. The molecule has 0 saturated heterocycles. The first-order valence-electron chi connectivity index (χ1n) is 7.43. The van der Waals surface area contributed by atoms with Gasteiger partial charge in [0.05, 0.1) is 14.2 Å². The molecule has 0 spiro atoms. The maximum Gasteiger partial charge on any atom is 0.162 e. The van der Waals surface area contributed by atoms with E-state index in [0.717, 1.165) is 36.6 Å². The van der Waals surface area contributed by atoms with Gasteiger partial charge in [-0.25, -0.2) is 0 Å². The fourth-order valence-corrected chi connectivity index (χ4v) is 2.66. The minimum atomic E-state index is 0.662. The van der Waals surface area contributed by atoms with Crippen LogP contribution < -0.4 is 14.8 Å². The third kappa shape index (κ3) is 4.03. The van der Waals surface area contributed by atoms with E-state index in [4.69, 9.17) is 9.47 Å². The van der Waals surface area contributed by atoms with Crippen molar-refractivity contribution in [3.05, 3.63) is 42.0 Å². The third-order valence-electron chi connectivity index (χ3n) is 4.10. The first kappa shape index (κ1) is 15.5. The third-order valence-corrected chi connectivity index (χ3v) is 4.10. The lowest BCUT2D eigenvalue weighted by atomic mass is 9.85. The molecule has 1 unspecified atom stereocenters. The fraction of sp³-hybridized carbons (Fsp3) is 0.444. The van der Waals surface area contributed by atoms with E-state index in [1.807, 2.05) is 18.2 Å². The van der Waals surface area contributed by atoms with Gasteiger partial charge in [-0.2, -0.15) is 0 Å². The van der Waals surface area contributed by atoms with Crippen molar-refractivity contribution in [2.45, 2.75) is 26.2 Å². The Balaban J connectivity index is 1.93. The van der Waals surface area contributed by atoms with Crippen LogP contribution in [0.5, 0.6) is 11.5 Å². The van der Waals surface area contributed by atoms with E-state index in [9.17, 15) is 0 Å². The highest BCUT2D eigenvalue weighted by Gasteiger charge is 2.14. The van der Waals surface area contributed by atoms with Crippen LogP contribution in [0.25, 0.3) is 0 Å². The number of hydrogen-bond acceptors (Lipinski definition) is 3. The van der Waals surface area contributed by atoms with Crippen LogP contribution in [0.1, 0.15) is 26.2 Å². The summed E-state index contributed by atoms with van der Waals surface area (Å²) in [5, 5.41) is 3.46. The molecule has 0 aromatic heterocycles. The predicted molar refractivity (Wildman–Crippen MR) is 88.3 cm³/mol. The summed E-state index contributed by atoms with van der Waals surface area (Å²) in [6.45, 7) is 7.08. The summed E-state index contributed by atoms with van der Waals surface area (Å²) in [7, 11) is 3.30. The van der Waals surface area contributed by atoms with E-state index in [0.29, 0.717) is 5.92 Å². The number of allylic oxidation sites excluding steroid dienone is 2. The Bertz CT molecular complexity index is 534. The second kappa shape index (κ2) is 7.21. The van der Waals surface area contributed by atoms with Crippen molar-refractivity contribution in [1.82, 2.24) is 0 Å². The molecule has 3 nitrogen and oxygen atoms in total. The van der Waals surface area contributed by atoms with Crippen LogP contribution in [-0.4, -0.2) is 20.8 Å². The Kier molecular flexibility index (Phi) is 5.32. The summed E-state index contributed by atoms with van der Waals surface area (Å²) in [5.74, 6) is 2.17. The Hall–Kier alpha value is -1.90. The predicted octanol–water partition coefficient (Wildman–Crippen LogP) is 4.42. The van der Waals surface area contributed by atoms with Crippen molar-refractivity contribution in [1.29, 1.82) is 0 Å². The van der Waals surface area contributed by atoms with Gasteiger partial charge < -0.3 is 14.8 Å². The average molecular weight is 287 g/mol. The van der Waals surface area contributed by atoms with E-state index in [1.165, 1.54) is 17.6 Å². The Labute approximate surface area is 127 Å². The van der Waals surface area contributed by atoms with Crippen LogP contribution in [0.4, 0.5) is 5.69 Å². The second-order valence-electron chi connectivity index (χ2n) is 5.60. The molecule has 2 rings (SSSR count). The Morgan fingerprint density at radius 2 is 2.05 bits per heavy atom. The molecule has 1 aromatic rings. The van der Waals surface area contributed by atoms with Gasteiger partial charge in [-0.1, -0.05) is 23.8 Å². The highest BCUT2D eigenvalue weighted by Crippen LogP contribution is 2.31. The molecule has 1 atom stereocenters. The van der Waals surface area contributed by atoms with Gasteiger partial charge >= 0.3 is 0 Å². The molecular weight excluding hydrogens is 262 g/mol. The molecule has 0 amide bonds. The van der Waals surface area contributed by atoms with E-state index in [1.54, 1.807) is 14.2 Å². The maximum atomic E-state index is 5.32. The smallest absolute Gasteiger partial charge is 0.162 e. The molecule has 1 aliphatic carbocycles. The number of nitrogens with one attached hydrogen (secondary N) is 1. The van der Waals surface area contributed by atoms with E-state index in [-0.39, 0.29) is 0 Å². The van der Waals surface area contributed by atoms with Crippen molar-refractivity contribution in [3.8, 4) is 11.5 Å². The zero-order chi connectivity index (χ0) is 15.2. The molecule has 0 heterocycles. The van der Waals surface area contributed by atoms with Gasteiger partial charge in [0.1, 0.15) is 0 Å². The number of ether oxygens (including phenoxy) is 2. The lowest BCUT2D eigenvalue weighted by Crippen LogP contribution is -2.12. The van der Waals surface area contributed by atoms with Crippen molar-refractivity contribution in [3.63, 3.8) is 0 Å². The molecule has 21 heavy (non-hydrogen) atoms. The lowest BCUT2D eigenvalue weighted by Gasteiger charge is -2.22. The first-order chi connectivity index (χ1) is 10.1. The zero-order valence-corrected chi connectivity index (χ0v) is 13.2. The Morgan fingerprint density at radius 1 is 1.29 bits per heavy atom. The number of rotatable bonds is 6. The van der Waals surface area contributed by atoms with Crippen LogP contribution in [-0.2, 0) is 0 Å². The number of benzene rings is 1. The quantitative estimate of drug-likeness (QED) is 0.786. The van der Waals surface area contributed by atoms with Crippen molar-refractivity contribution in [2.24, 2.45) is 5.92 Å². The average Bonchev–Trinajstić information content (AvgIpc) is 2.52. The van der Waals surface area contributed by atoms with Gasteiger partial charge in [0, 0.05) is 18.3 Å². The number of hydrogen-bond donors (Lipinski definition) is 1. The number of anilines is 1. The largest absolute Gasteiger partial charge is 0.493 e. The van der Waals surface area contributed by atoms with E-state index < -0.39 is 0 Å². The van der Waals surface area contributed by atoms with Crippen molar-refractivity contribution < 1.29 is 9.47 Å². The summed E-state index contributed by atoms with van der Waals surface area (Å²) in [5.41, 5.74) is 3.83. The zero-order valence-electron chi connectivity index (χ0n) is 13.2. The highest BCUT2D eigenvalue weighted by atomic mass is 16.5. The van der Waals surface area contributed by atoms with Gasteiger partial charge in [-0.15, -0.1) is 0 Å². The molecule has 0 fully saturated rings. The summed E-state index contributed by atoms with van der Waals surface area (Å²) in [4.78, 5) is 0. The molecule has 0 radical (unpaired) electrons. The van der Waals surface area contributed by atoms with Gasteiger partial charge in [-0.05, 0) is 44.2 Å². The molecule has 1 N–H and O–H groups in total. The fourth-order valence-electron chi connectivity index (χ4n) is 2.66. The topological polar surface area (TPSA) is 30.5 Å². The van der Waals surface area contributed by atoms with E-state index in [2.05, 4.69) is 24.9 Å². The van der Waals surface area contributed by atoms with Crippen molar-refractivity contribution in [2.75, 3.05) is 26.1 Å². The van der Waals surface area contributed by atoms with Crippen LogP contribution in [0, 0.1) is 5.92 Å². The van der Waals surface area contributed by atoms with E-state index >= 15 is 0 Å². The van der Waals surface area contributed by atoms with Crippen LogP contribution in [0.2, 0.25) is 0 Å². The molecule has 0 saturated carbocycles. The molecule has 0 bridgehead atoms. The van der Waals surface area contributed by atoms with Crippen LogP contribution >= 0.6 is 0 Å². The Morgan fingerprint density at radius 3 is 2.62 bits per heavy atom. The minimum absolute atomic E-state index is 0.662. The summed E-state index contributed by atoms with van der Waals surface area (Å²) < 4.78 is 10.6. The van der Waals surface area contributed by atoms with Gasteiger partial charge in [-0.3, -0.25) is 0 Å². The normalized spacial score (nSPS) is 17.9. The highest BCUT2D eigenvalue weighted by molar-refractivity contribution is 5.55. The lowest BCUT2D eigenvalue weighted by molar-refractivity contribution is 0.355. The molecule has 1 aromatic carbocycles. The molecular formula is C18H25NO2. The first-order valence-corrected chi connectivity index (χ1v) is 7.43. The molecule has 114 valence electrons. The molecule has 3 heteroatoms. The standard InChI is InChI=1S/C18H25NO2/c1-13(2)15-7-5-14(6-8-15)12-19-16-9-10-17(20-3)18(11-16)21-4/h5,9-11,15,19H,1,6-8,12H2,2-4H3. The van der Waals surface area contributed by atoms with Gasteiger partial charge in [0.25, 0.3) is 0 Å². The number of methoxy groups -OCH3 is 2. The molecule has 0 aliphatic heterocycles. The monoisotopic (exact) mass is 287 g/mol. The van der Waals surface area contributed by atoms with Crippen LogP contribution in [0.3, 0.4) is 0 Å². The molecule has 1 aliphatic rings. The van der Waals surface area contributed by atoms with Gasteiger partial charge in [0.15, 0.2) is 11.5 Å². The minimum Gasteiger partial charge on any atom is -0.493 e. The summed E-state index contributed by atoms with van der Waals surface area (Å²) >= 11 is 0. The second-order valence-corrected chi connectivity index (χ2v) is 5.60.